The van der Waals surface area contributed by atoms with E-state index in [1.807, 2.05) is 19.0 Å². The maximum absolute atomic E-state index is 5.83. The monoisotopic (exact) mass is 247 g/mol. The second-order valence-electron chi connectivity index (χ2n) is 5.29. The van der Waals surface area contributed by atoms with Crippen LogP contribution in [0.4, 0.5) is 0 Å². The number of benzene rings is 1. The van der Waals surface area contributed by atoms with Gasteiger partial charge in [0.2, 0.25) is 0 Å². The lowest BCUT2D eigenvalue weighted by Gasteiger charge is -2.20. The highest BCUT2D eigenvalue weighted by Gasteiger charge is 2.14. The second kappa shape index (κ2) is 7.04. The molecule has 0 aliphatic carbocycles. The molecule has 0 bridgehead atoms. The van der Waals surface area contributed by atoms with Crippen LogP contribution >= 0.6 is 0 Å². The fraction of sp³-hybridized carbons (Fsp3) is 0.533. The minimum Gasteiger partial charge on any atom is -0.370 e. The Bertz CT molecular complexity index is 369. The first-order chi connectivity index (χ1) is 8.50. The molecular weight excluding hydrogens is 222 g/mol. The standard InChI is InChI=1S/C15H25N3/c1-12(2)14(11-17-15(16)18(3)4)10-13-8-6-5-7-9-13/h5-9,12,14H,10-11H2,1-4H3,(H2,16,17). The first kappa shape index (κ1) is 14.6. The summed E-state index contributed by atoms with van der Waals surface area (Å²) in [5, 5.41) is 0. The van der Waals surface area contributed by atoms with Gasteiger partial charge in [-0.1, -0.05) is 44.2 Å². The summed E-state index contributed by atoms with van der Waals surface area (Å²) in [4.78, 5) is 6.31. The Morgan fingerprint density at radius 3 is 2.33 bits per heavy atom. The summed E-state index contributed by atoms with van der Waals surface area (Å²) >= 11 is 0. The van der Waals surface area contributed by atoms with Gasteiger partial charge in [0.1, 0.15) is 0 Å². The van der Waals surface area contributed by atoms with E-state index in [2.05, 4.69) is 49.2 Å². The highest BCUT2D eigenvalue weighted by atomic mass is 15.2. The van der Waals surface area contributed by atoms with Crippen LogP contribution in [-0.2, 0) is 6.42 Å². The van der Waals surface area contributed by atoms with E-state index in [0.29, 0.717) is 17.8 Å². The Kier molecular flexibility index (Phi) is 5.69. The summed E-state index contributed by atoms with van der Waals surface area (Å²) in [7, 11) is 3.83. The topological polar surface area (TPSA) is 41.6 Å². The molecular formula is C15H25N3. The lowest BCUT2D eigenvalue weighted by molar-refractivity contribution is 0.391. The molecule has 0 aliphatic rings. The van der Waals surface area contributed by atoms with Crippen LogP contribution in [0, 0.1) is 11.8 Å². The van der Waals surface area contributed by atoms with E-state index in [4.69, 9.17) is 5.73 Å². The molecule has 0 spiro atoms. The molecule has 0 fully saturated rings. The van der Waals surface area contributed by atoms with Gasteiger partial charge >= 0.3 is 0 Å². The fourth-order valence-corrected chi connectivity index (χ4v) is 1.78. The number of rotatable bonds is 5. The third-order valence-electron chi connectivity index (χ3n) is 3.23. The SMILES string of the molecule is CC(C)C(CN=C(N)N(C)C)Cc1ccccc1. The van der Waals surface area contributed by atoms with Crippen LogP contribution in [-0.4, -0.2) is 31.5 Å². The number of hydrogen-bond acceptors (Lipinski definition) is 1. The zero-order valence-electron chi connectivity index (χ0n) is 11.9. The largest absolute Gasteiger partial charge is 0.370 e. The Morgan fingerprint density at radius 2 is 1.83 bits per heavy atom. The highest BCUT2D eigenvalue weighted by molar-refractivity contribution is 5.77. The molecule has 18 heavy (non-hydrogen) atoms. The van der Waals surface area contributed by atoms with Crippen LogP contribution in [0.5, 0.6) is 0 Å². The molecule has 0 amide bonds. The van der Waals surface area contributed by atoms with Crippen LogP contribution in [0.25, 0.3) is 0 Å². The van der Waals surface area contributed by atoms with Crippen molar-refractivity contribution in [1.29, 1.82) is 0 Å². The number of aliphatic imine (C=N–C) groups is 1. The van der Waals surface area contributed by atoms with Gasteiger partial charge in [0.05, 0.1) is 0 Å². The number of guanidine groups is 1. The third kappa shape index (κ3) is 4.78. The maximum atomic E-state index is 5.83. The Morgan fingerprint density at radius 1 is 1.22 bits per heavy atom. The smallest absolute Gasteiger partial charge is 0.190 e. The van der Waals surface area contributed by atoms with Crippen LogP contribution in [0.2, 0.25) is 0 Å². The van der Waals surface area contributed by atoms with Crippen LogP contribution in [0.1, 0.15) is 19.4 Å². The van der Waals surface area contributed by atoms with E-state index >= 15 is 0 Å². The van der Waals surface area contributed by atoms with Crippen molar-refractivity contribution in [1.82, 2.24) is 4.90 Å². The predicted octanol–water partition coefficient (Wildman–Crippen LogP) is 2.38. The average Bonchev–Trinajstić information content (AvgIpc) is 2.34. The van der Waals surface area contributed by atoms with Gasteiger partial charge in [-0.2, -0.15) is 0 Å². The molecule has 3 nitrogen and oxygen atoms in total. The molecule has 3 heteroatoms. The lowest BCUT2D eigenvalue weighted by atomic mass is 9.89. The van der Waals surface area contributed by atoms with E-state index in [-0.39, 0.29) is 0 Å². The molecule has 1 atom stereocenters. The van der Waals surface area contributed by atoms with E-state index in [1.54, 1.807) is 0 Å². The summed E-state index contributed by atoms with van der Waals surface area (Å²) in [6.45, 7) is 5.28. The molecule has 100 valence electrons. The van der Waals surface area contributed by atoms with Gasteiger partial charge in [-0.3, -0.25) is 4.99 Å². The van der Waals surface area contributed by atoms with Gasteiger partial charge in [0, 0.05) is 20.6 Å². The van der Waals surface area contributed by atoms with E-state index in [0.717, 1.165) is 13.0 Å². The van der Waals surface area contributed by atoms with Crippen molar-refractivity contribution in [2.24, 2.45) is 22.6 Å². The quantitative estimate of drug-likeness (QED) is 0.641. The molecule has 0 aliphatic heterocycles. The number of nitrogens with two attached hydrogens (primary N) is 1. The van der Waals surface area contributed by atoms with Crippen molar-refractivity contribution < 1.29 is 0 Å². The Labute approximate surface area is 111 Å². The summed E-state index contributed by atoms with van der Waals surface area (Å²) in [6, 6.07) is 10.6. The molecule has 0 saturated heterocycles. The molecule has 1 aromatic carbocycles. The van der Waals surface area contributed by atoms with Crippen molar-refractivity contribution in [2.75, 3.05) is 20.6 Å². The van der Waals surface area contributed by atoms with Crippen LogP contribution in [0.3, 0.4) is 0 Å². The van der Waals surface area contributed by atoms with Gasteiger partial charge in [0.15, 0.2) is 5.96 Å². The van der Waals surface area contributed by atoms with Crippen LogP contribution < -0.4 is 5.73 Å². The molecule has 1 rings (SSSR count). The van der Waals surface area contributed by atoms with Gasteiger partial charge in [0.25, 0.3) is 0 Å². The lowest BCUT2D eigenvalue weighted by Crippen LogP contribution is -2.31. The van der Waals surface area contributed by atoms with Crippen molar-refractivity contribution >= 4 is 5.96 Å². The van der Waals surface area contributed by atoms with Gasteiger partial charge in [-0.05, 0) is 23.8 Å². The van der Waals surface area contributed by atoms with Crippen molar-refractivity contribution in [3.8, 4) is 0 Å². The molecule has 0 radical (unpaired) electrons. The molecule has 0 heterocycles. The van der Waals surface area contributed by atoms with Gasteiger partial charge in [-0.15, -0.1) is 0 Å². The third-order valence-corrected chi connectivity index (χ3v) is 3.23. The fourth-order valence-electron chi connectivity index (χ4n) is 1.78. The minimum absolute atomic E-state index is 0.533. The Hall–Kier alpha value is -1.51. The molecule has 2 N–H and O–H groups in total. The summed E-state index contributed by atoms with van der Waals surface area (Å²) in [5.74, 6) is 1.74. The first-order valence-electron chi connectivity index (χ1n) is 6.52. The average molecular weight is 247 g/mol. The number of hydrogen-bond donors (Lipinski definition) is 1. The predicted molar refractivity (Wildman–Crippen MR) is 78.7 cm³/mol. The first-order valence-corrected chi connectivity index (χ1v) is 6.52. The molecule has 1 unspecified atom stereocenters. The zero-order valence-corrected chi connectivity index (χ0v) is 11.9. The van der Waals surface area contributed by atoms with Crippen molar-refractivity contribution in [2.45, 2.75) is 20.3 Å². The summed E-state index contributed by atoms with van der Waals surface area (Å²) < 4.78 is 0. The van der Waals surface area contributed by atoms with E-state index in [9.17, 15) is 0 Å². The zero-order chi connectivity index (χ0) is 13.5. The maximum Gasteiger partial charge on any atom is 0.190 e. The van der Waals surface area contributed by atoms with Crippen molar-refractivity contribution in [3.05, 3.63) is 35.9 Å². The van der Waals surface area contributed by atoms with Crippen LogP contribution in [0.15, 0.2) is 35.3 Å². The summed E-state index contributed by atoms with van der Waals surface area (Å²) in [5.41, 5.74) is 7.20. The molecule has 1 aromatic rings. The normalized spacial score (nSPS) is 13.7. The highest BCUT2D eigenvalue weighted by Crippen LogP contribution is 2.17. The molecule has 0 saturated carbocycles. The summed E-state index contributed by atoms with van der Waals surface area (Å²) in [6.07, 6.45) is 1.06. The minimum atomic E-state index is 0.533. The van der Waals surface area contributed by atoms with E-state index in [1.165, 1.54) is 5.56 Å². The number of nitrogens with zero attached hydrogens (tertiary/aromatic N) is 2. The van der Waals surface area contributed by atoms with Crippen molar-refractivity contribution in [3.63, 3.8) is 0 Å². The van der Waals surface area contributed by atoms with E-state index < -0.39 is 0 Å². The Balaban J connectivity index is 2.64. The van der Waals surface area contributed by atoms with Gasteiger partial charge < -0.3 is 10.6 Å². The second-order valence-corrected chi connectivity index (χ2v) is 5.29. The van der Waals surface area contributed by atoms with Gasteiger partial charge in [-0.25, -0.2) is 0 Å². The molecule has 0 aromatic heterocycles.